The van der Waals surface area contributed by atoms with Crippen molar-refractivity contribution in [3.63, 3.8) is 0 Å². The second kappa shape index (κ2) is 4.43. The molecule has 11 heavy (non-hydrogen) atoms. The quantitative estimate of drug-likeness (QED) is 0.568. The molecule has 4 heteroatoms. The zero-order valence-electron chi connectivity index (χ0n) is 6.54. The van der Waals surface area contributed by atoms with Gasteiger partial charge in [-0.05, 0) is 6.92 Å². The molecule has 0 aromatic carbocycles. The van der Waals surface area contributed by atoms with E-state index >= 15 is 0 Å². The molecule has 0 N–H and O–H groups in total. The molecule has 1 aliphatic heterocycles. The molecule has 1 rings (SSSR count). The molecule has 1 saturated heterocycles. The van der Waals surface area contributed by atoms with Crippen molar-refractivity contribution < 1.29 is 19.0 Å². The topological polar surface area (TPSA) is 44.8 Å². The molecule has 0 bridgehead atoms. The van der Waals surface area contributed by atoms with E-state index in [9.17, 15) is 4.79 Å². The van der Waals surface area contributed by atoms with Gasteiger partial charge in [0, 0.05) is 6.61 Å². The number of carbonyl (C=O) groups excluding carboxylic acids is 1. The zero-order chi connectivity index (χ0) is 8.10. The van der Waals surface area contributed by atoms with Crippen molar-refractivity contribution in [3.8, 4) is 0 Å². The van der Waals surface area contributed by atoms with Crippen LogP contribution in [0.4, 0.5) is 0 Å². The number of ketones is 1. The van der Waals surface area contributed by atoms with Gasteiger partial charge in [0.1, 0.15) is 6.61 Å². The molecule has 0 spiro atoms. The molecule has 0 radical (unpaired) electrons. The highest BCUT2D eigenvalue weighted by Crippen LogP contribution is 2.01. The average molecular weight is 160 g/mol. The Morgan fingerprint density at radius 3 is 3.18 bits per heavy atom. The van der Waals surface area contributed by atoms with Crippen molar-refractivity contribution in [1.82, 2.24) is 0 Å². The minimum atomic E-state index is -0.706. The number of hydrogen-bond donors (Lipinski definition) is 0. The molecule has 4 nitrogen and oxygen atoms in total. The van der Waals surface area contributed by atoms with Gasteiger partial charge in [0.05, 0.1) is 13.2 Å². The molecule has 0 aromatic heterocycles. The van der Waals surface area contributed by atoms with Crippen molar-refractivity contribution in [3.05, 3.63) is 0 Å². The molecule has 64 valence electrons. The summed E-state index contributed by atoms with van der Waals surface area (Å²) in [5.74, 6) is -0.135. The molecular weight excluding hydrogens is 148 g/mol. The van der Waals surface area contributed by atoms with Crippen LogP contribution in [0, 0.1) is 0 Å². The van der Waals surface area contributed by atoms with Crippen LogP contribution in [0.5, 0.6) is 0 Å². The summed E-state index contributed by atoms with van der Waals surface area (Å²) in [5, 5.41) is 0. The maximum absolute atomic E-state index is 11.0. The van der Waals surface area contributed by atoms with Gasteiger partial charge in [-0.1, -0.05) is 0 Å². The summed E-state index contributed by atoms with van der Waals surface area (Å²) in [6.45, 7) is 3.30. The van der Waals surface area contributed by atoms with E-state index in [1.165, 1.54) is 0 Å². The third-order valence-electron chi connectivity index (χ3n) is 1.32. The Kier molecular flexibility index (Phi) is 3.48. The van der Waals surface area contributed by atoms with E-state index in [4.69, 9.17) is 14.2 Å². The monoisotopic (exact) mass is 160 g/mol. The number of rotatable bonds is 2. The van der Waals surface area contributed by atoms with Crippen LogP contribution in [0.1, 0.15) is 6.92 Å². The van der Waals surface area contributed by atoms with Crippen molar-refractivity contribution in [2.75, 3.05) is 26.4 Å². The standard InChI is InChI=1S/C7H12O4/c1-2-10-7-6(8)5-9-3-4-11-7/h7H,2-5H2,1H3. The highest BCUT2D eigenvalue weighted by molar-refractivity contribution is 5.83. The highest BCUT2D eigenvalue weighted by atomic mass is 16.7. The van der Waals surface area contributed by atoms with Gasteiger partial charge in [-0.3, -0.25) is 4.79 Å². The molecule has 1 aliphatic rings. The van der Waals surface area contributed by atoms with Crippen LogP contribution >= 0.6 is 0 Å². The molecule has 1 fully saturated rings. The Labute approximate surface area is 65.4 Å². The number of Topliss-reactive ketones (excluding diaryl/α,β-unsaturated/α-hetero) is 1. The van der Waals surface area contributed by atoms with E-state index in [0.29, 0.717) is 19.8 Å². The smallest absolute Gasteiger partial charge is 0.220 e. The Hall–Kier alpha value is -0.450. The maximum Gasteiger partial charge on any atom is 0.220 e. The molecule has 0 amide bonds. The van der Waals surface area contributed by atoms with Gasteiger partial charge < -0.3 is 14.2 Å². The lowest BCUT2D eigenvalue weighted by atomic mass is 10.4. The zero-order valence-corrected chi connectivity index (χ0v) is 6.54. The van der Waals surface area contributed by atoms with Gasteiger partial charge >= 0.3 is 0 Å². The summed E-state index contributed by atoms with van der Waals surface area (Å²) >= 11 is 0. The normalized spacial score (nSPS) is 26.6. The Balaban J connectivity index is 2.39. The summed E-state index contributed by atoms with van der Waals surface area (Å²) in [5.41, 5.74) is 0. The largest absolute Gasteiger partial charge is 0.371 e. The fourth-order valence-corrected chi connectivity index (χ4v) is 0.840. The third kappa shape index (κ3) is 2.57. The van der Waals surface area contributed by atoms with Crippen molar-refractivity contribution in [2.45, 2.75) is 13.2 Å². The van der Waals surface area contributed by atoms with Crippen LogP contribution in [0.2, 0.25) is 0 Å². The lowest BCUT2D eigenvalue weighted by Crippen LogP contribution is -2.28. The minimum Gasteiger partial charge on any atom is -0.371 e. The highest BCUT2D eigenvalue weighted by Gasteiger charge is 2.21. The van der Waals surface area contributed by atoms with Crippen LogP contribution in [-0.2, 0) is 19.0 Å². The second-order valence-corrected chi connectivity index (χ2v) is 2.18. The third-order valence-corrected chi connectivity index (χ3v) is 1.32. The summed E-state index contributed by atoms with van der Waals surface area (Å²) in [6, 6.07) is 0. The van der Waals surface area contributed by atoms with Gasteiger partial charge in [0.25, 0.3) is 0 Å². The summed E-state index contributed by atoms with van der Waals surface area (Å²) < 4.78 is 15.0. The molecule has 0 saturated carbocycles. The lowest BCUT2D eigenvalue weighted by molar-refractivity contribution is -0.164. The van der Waals surface area contributed by atoms with E-state index < -0.39 is 6.29 Å². The van der Waals surface area contributed by atoms with E-state index in [-0.39, 0.29) is 12.4 Å². The molecule has 0 aromatic rings. The predicted molar refractivity (Wildman–Crippen MR) is 37.2 cm³/mol. The van der Waals surface area contributed by atoms with Gasteiger partial charge in [0.15, 0.2) is 0 Å². The first-order valence-corrected chi connectivity index (χ1v) is 3.68. The first-order valence-electron chi connectivity index (χ1n) is 3.68. The van der Waals surface area contributed by atoms with Gasteiger partial charge in [-0.25, -0.2) is 0 Å². The first-order chi connectivity index (χ1) is 5.34. The van der Waals surface area contributed by atoms with Crippen LogP contribution in [0.25, 0.3) is 0 Å². The van der Waals surface area contributed by atoms with E-state index in [2.05, 4.69) is 0 Å². The van der Waals surface area contributed by atoms with Crippen LogP contribution < -0.4 is 0 Å². The van der Waals surface area contributed by atoms with Crippen LogP contribution in [-0.4, -0.2) is 38.5 Å². The Bertz CT molecular complexity index is 134. The molecule has 0 aliphatic carbocycles. The van der Waals surface area contributed by atoms with Gasteiger partial charge in [0.2, 0.25) is 12.1 Å². The summed E-state index contributed by atoms with van der Waals surface area (Å²) in [4.78, 5) is 11.0. The first kappa shape index (κ1) is 8.64. The number of hydrogen-bond acceptors (Lipinski definition) is 4. The maximum atomic E-state index is 11.0. The van der Waals surface area contributed by atoms with E-state index in [1.807, 2.05) is 6.92 Å². The van der Waals surface area contributed by atoms with E-state index in [0.717, 1.165) is 0 Å². The fraction of sp³-hybridized carbons (Fsp3) is 0.857. The van der Waals surface area contributed by atoms with Crippen LogP contribution in [0.3, 0.4) is 0 Å². The SMILES string of the molecule is CCOC1OCCOCC1=O. The van der Waals surface area contributed by atoms with Gasteiger partial charge in [-0.15, -0.1) is 0 Å². The van der Waals surface area contributed by atoms with Crippen LogP contribution in [0.15, 0.2) is 0 Å². The predicted octanol–water partition coefficient (Wildman–Crippen LogP) is -0.0351. The second-order valence-electron chi connectivity index (χ2n) is 2.18. The van der Waals surface area contributed by atoms with Crippen molar-refractivity contribution in [1.29, 1.82) is 0 Å². The molecule has 1 heterocycles. The Morgan fingerprint density at radius 2 is 2.45 bits per heavy atom. The Morgan fingerprint density at radius 1 is 1.64 bits per heavy atom. The molecule has 1 unspecified atom stereocenters. The number of carbonyl (C=O) groups is 1. The minimum absolute atomic E-state index is 0.102. The fourth-order valence-electron chi connectivity index (χ4n) is 0.840. The number of ether oxygens (including phenoxy) is 3. The average Bonchev–Trinajstić information content (AvgIpc) is 2.18. The summed E-state index contributed by atoms with van der Waals surface area (Å²) in [7, 11) is 0. The molecule has 1 atom stereocenters. The van der Waals surface area contributed by atoms with Crippen molar-refractivity contribution in [2.24, 2.45) is 0 Å². The molecular formula is C7H12O4. The lowest BCUT2D eigenvalue weighted by Gasteiger charge is -2.11. The summed E-state index contributed by atoms with van der Waals surface area (Å²) in [6.07, 6.45) is -0.706. The van der Waals surface area contributed by atoms with E-state index in [1.54, 1.807) is 0 Å². The van der Waals surface area contributed by atoms with Crippen molar-refractivity contribution >= 4 is 5.78 Å². The van der Waals surface area contributed by atoms with Gasteiger partial charge in [-0.2, -0.15) is 0 Å².